The van der Waals surface area contributed by atoms with Crippen molar-refractivity contribution in [3.63, 3.8) is 0 Å². The lowest BCUT2D eigenvalue weighted by molar-refractivity contribution is 0.753. The van der Waals surface area contributed by atoms with Gasteiger partial charge in [-0.1, -0.05) is 200 Å². The molecule has 0 saturated heterocycles. The van der Waals surface area contributed by atoms with Crippen LogP contribution in [0.3, 0.4) is 0 Å². The van der Waals surface area contributed by atoms with Gasteiger partial charge < -0.3 is 4.90 Å². The Bertz CT molecular complexity index is 4380. The summed E-state index contributed by atoms with van der Waals surface area (Å²) in [7, 11) is 0. The van der Waals surface area contributed by atoms with Crippen LogP contribution in [0.5, 0.6) is 0 Å². The lowest BCUT2D eigenvalue weighted by Gasteiger charge is -2.46. The molecule has 2 aromatic heterocycles. The van der Waals surface area contributed by atoms with E-state index in [1.54, 1.807) is 0 Å². The zero-order chi connectivity index (χ0) is 47.1. The number of anilines is 3. The topological polar surface area (TPSA) is 3.24 Å². The van der Waals surface area contributed by atoms with Crippen LogP contribution in [0, 0.1) is 0 Å². The fourth-order valence-electron chi connectivity index (χ4n) is 13.1. The molecule has 0 bridgehead atoms. The van der Waals surface area contributed by atoms with E-state index in [-0.39, 0.29) is 0 Å². The van der Waals surface area contributed by atoms with Crippen molar-refractivity contribution in [1.82, 2.24) is 0 Å². The highest BCUT2D eigenvalue weighted by atomic mass is 32.1. The van der Waals surface area contributed by atoms with Crippen molar-refractivity contribution in [3.8, 4) is 44.5 Å². The predicted octanol–water partition coefficient (Wildman–Crippen LogP) is 19.9. The molecule has 3 heteroatoms. The van der Waals surface area contributed by atoms with Crippen LogP contribution in [0.4, 0.5) is 17.1 Å². The van der Waals surface area contributed by atoms with Gasteiger partial charge in [0.05, 0.1) is 16.8 Å². The zero-order valence-corrected chi connectivity index (χ0v) is 40.6. The van der Waals surface area contributed by atoms with Crippen molar-refractivity contribution in [2.75, 3.05) is 4.90 Å². The maximum atomic E-state index is 2.57. The van der Waals surface area contributed by atoms with Gasteiger partial charge in [-0.25, -0.2) is 0 Å². The molecule has 334 valence electrons. The Morgan fingerprint density at radius 3 is 1.31 bits per heavy atom. The van der Waals surface area contributed by atoms with E-state index in [9.17, 15) is 0 Å². The summed E-state index contributed by atoms with van der Waals surface area (Å²) in [5, 5.41) is 10.2. The molecule has 0 amide bonds. The maximum absolute atomic E-state index is 2.57. The van der Waals surface area contributed by atoms with Gasteiger partial charge in [0.15, 0.2) is 0 Å². The lowest BCUT2D eigenvalue weighted by atomic mass is 9.64. The summed E-state index contributed by atoms with van der Waals surface area (Å²) in [5.41, 5.74) is 18.2. The molecule has 0 unspecified atom stereocenters. The second kappa shape index (κ2) is 15.2. The fourth-order valence-corrected chi connectivity index (χ4v) is 15.4. The number of hydrogen-bond donors (Lipinski definition) is 0. The van der Waals surface area contributed by atoms with Crippen molar-refractivity contribution >= 4 is 102 Å². The first kappa shape index (κ1) is 40.2. The number of para-hydroxylation sites is 3. The van der Waals surface area contributed by atoms with E-state index in [4.69, 9.17) is 0 Å². The summed E-state index contributed by atoms with van der Waals surface area (Å²) in [6.07, 6.45) is 0. The van der Waals surface area contributed by atoms with Crippen LogP contribution in [-0.2, 0) is 5.41 Å². The second-order valence-electron chi connectivity index (χ2n) is 19.3. The zero-order valence-electron chi connectivity index (χ0n) is 38.9. The number of hydrogen-bond acceptors (Lipinski definition) is 3. The van der Waals surface area contributed by atoms with E-state index in [1.165, 1.54) is 140 Å². The lowest BCUT2D eigenvalue weighted by Crippen LogP contribution is -2.36. The van der Waals surface area contributed by atoms with Gasteiger partial charge in [-0.3, -0.25) is 0 Å². The molecule has 1 aliphatic carbocycles. The largest absolute Gasteiger partial charge is 0.309 e. The molecule has 0 N–H and O–H groups in total. The number of thiophene rings is 2. The van der Waals surface area contributed by atoms with Gasteiger partial charge in [0.1, 0.15) is 0 Å². The predicted molar refractivity (Wildman–Crippen MR) is 309 cm³/mol. The average Bonchev–Trinajstić information content (AvgIpc) is 4.12. The molecule has 0 atom stereocenters. The normalized spacial score (nSPS) is 13.4. The number of rotatable bonds is 4. The van der Waals surface area contributed by atoms with E-state index in [1.807, 2.05) is 22.7 Å². The van der Waals surface area contributed by atoms with Crippen LogP contribution in [0.1, 0.15) is 22.3 Å². The molecule has 0 saturated carbocycles. The number of nitrogens with zero attached hydrogens (tertiary/aromatic N) is 1. The van der Waals surface area contributed by atoms with Crippen LogP contribution >= 0.6 is 22.7 Å². The van der Waals surface area contributed by atoms with Crippen LogP contribution in [0.2, 0.25) is 0 Å². The third-order valence-corrected chi connectivity index (χ3v) is 18.1. The van der Waals surface area contributed by atoms with Gasteiger partial charge in [-0.2, -0.15) is 0 Å². The molecule has 72 heavy (non-hydrogen) atoms. The Labute approximate surface area is 424 Å². The fraction of sp³-hybridized carbons (Fsp3) is 0.0145. The standard InChI is InChI=1S/C69H41NS2/c1-2-19-42(20-3-1)70-60-36-11-10-34-58(60)69(56-32-8-4-21-45(56)46-22-5-9-33-57(46)69)59-35-16-31-53(68(59)70)65-49-27-14-25-43(47-29-17-39-63-66(47)51-23-6-12-37-61(51)71-63)54(49)41-55-44(26-15-28-50(55)65)48-30-18-40-64-67(48)52-24-7-13-38-62(52)72-64/h1-41H. The van der Waals surface area contributed by atoms with E-state index in [0.29, 0.717) is 0 Å². The highest BCUT2D eigenvalue weighted by Gasteiger charge is 2.52. The Hall–Kier alpha value is -8.60. The molecule has 0 fully saturated rings. The Balaban J connectivity index is 1.09. The van der Waals surface area contributed by atoms with Crippen LogP contribution < -0.4 is 4.90 Å². The van der Waals surface area contributed by atoms with E-state index < -0.39 is 5.41 Å². The molecule has 1 aliphatic heterocycles. The van der Waals surface area contributed by atoms with E-state index >= 15 is 0 Å². The first-order chi connectivity index (χ1) is 35.8. The van der Waals surface area contributed by atoms with Gasteiger partial charge in [-0.05, 0) is 131 Å². The molecule has 1 nitrogen and oxygen atoms in total. The molecule has 2 aliphatic rings. The van der Waals surface area contributed by atoms with Crippen LogP contribution in [-0.4, -0.2) is 0 Å². The van der Waals surface area contributed by atoms with Crippen molar-refractivity contribution in [2.45, 2.75) is 5.41 Å². The van der Waals surface area contributed by atoms with E-state index in [2.05, 4.69) is 254 Å². The summed E-state index contributed by atoms with van der Waals surface area (Å²) in [4.78, 5) is 2.57. The summed E-state index contributed by atoms with van der Waals surface area (Å²) in [5.74, 6) is 0. The molecule has 3 heterocycles. The highest BCUT2D eigenvalue weighted by Crippen LogP contribution is 2.65. The molecule has 14 aromatic rings. The van der Waals surface area contributed by atoms with Gasteiger partial charge in [0.2, 0.25) is 0 Å². The first-order valence-electron chi connectivity index (χ1n) is 24.8. The minimum atomic E-state index is -0.581. The Morgan fingerprint density at radius 1 is 0.278 bits per heavy atom. The molecular weight excluding hydrogens is 907 g/mol. The van der Waals surface area contributed by atoms with Crippen molar-refractivity contribution < 1.29 is 0 Å². The Morgan fingerprint density at radius 2 is 0.694 bits per heavy atom. The Kier molecular flexibility index (Phi) is 8.48. The summed E-state index contributed by atoms with van der Waals surface area (Å²) >= 11 is 3.77. The summed E-state index contributed by atoms with van der Waals surface area (Å²) in [6, 6.07) is 94.0. The minimum Gasteiger partial charge on any atom is -0.309 e. The summed E-state index contributed by atoms with van der Waals surface area (Å²) in [6.45, 7) is 0. The van der Waals surface area contributed by atoms with Crippen molar-refractivity contribution in [2.24, 2.45) is 0 Å². The van der Waals surface area contributed by atoms with Gasteiger partial charge >= 0.3 is 0 Å². The molecule has 1 spiro atoms. The third-order valence-electron chi connectivity index (χ3n) is 15.9. The minimum absolute atomic E-state index is 0.581. The first-order valence-corrected chi connectivity index (χ1v) is 26.5. The van der Waals surface area contributed by atoms with Crippen LogP contribution in [0.25, 0.3) is 106 Å². The smallest absolute Gasteiger partial charge is 0.0754 e. The molecular formula is C69H41NS2. The monoisotopic (exact) mass is 947 g/mol. The van der Waals surface area contributed by atoms with Gasteiger partial charge in [0, 0.05) is 51.6 Å². The second-order valence-corrected chi connectivity index (χ2v) is 21.5. The van der Waals surface area contributed by atoms with Gasteiger partial charge in [0.25, 0.3) is 0 Å². The molecule has 0 radical (unpaired) electrons. The summed E-state index contributed by atoms with van der Waals surface area (Å²) < 4.78 is 5.23. The SMILES string of the molecule is c1ccc(N2c3ccccc3C3(c4ccccc4-c4ccccc43)c3cccc(-c4c5cccc(-c6cccc7sc8ccccc8c67)c5cc5c(-c6cccc7sc8ccccc8c67)cccc45)c32)cc1. The van der Waals surface area contributed by atoms with Gasteiger partial charge in [-0.15, -0.1) is 22.7 Å². The van der Waals surface area contributed by atoms with Crippen molar-refractivity contribution in [1.29, 1.82) is 0 Å². The quantitative estimate of drug-likeness (QED) is 0.159. The highest BCUT2D eigenvalue weighted by molar-refractivity contribution is 7.26. The number of fused-ring (bicyclic) bond motifs is 17. The van der Waals surface area contributed by atoms with Crippen LogP contribution in [0.15, 0.2) is 249 Å². The molecule has 12 aromatic carbocycles. The third kappa shape index (κ3) is 5.36. The van der Waals surface area contributed by atoms with E-state index in [0.717, 1.165) is 5.69 Å². The maximum Gasteiger partial charge on any atom is 0.0754 e. The number of benzene rings is 12. The average molecular weight is 948 g/mol. The molecule has 16 rings (SSSR count). The van der Waals surface area contributed by atoms with Crippen molar-refractivity contribution in [3.05, 3.63) is 271 Å².